The van der Waals surface area contributed by atoms with E-state index in [1.807, 2.05) is 36.4 Å². The van der Waals surface area contributed by atoms with Gasteiger partial charge in [0, 0.05) is 10.0 Å². The molecule has 3 rings (SSSR count). The fourth-order valence-electron chi connectivity index (χ4n) is 2.02. The molecule has 0 saturated carbocycles. The monoisotopic (exact) mass is 361 g/mol. The molecule has 0 spiro atoms. The van der Waals surface area contributed by atoms with Crippen LogP contribution >= 0.6 is 15.9 Å². The van der Waals surface area contributed by atoms with Gasteiger partial charge in [-0.1, -0.05) is 40.1 Å². The number of nitrogens with one attached hydrogen (secondary N) is 1. The van der Waals surface area contributed by atoms with Crippen LogP contribution in [0.25, 0.3) is 11.3 Å². The first kappa shape index (κ1) is 14.8. The van der Waals surface area contributed by atoms with E-state index in [4.69, 9.17) is 4.42 Å². The third-order valence-electron chi connectivity index (χ3n) is 3.09. The Morgan fingerprint density at radius 3 is 2.77 bits per heavy atom. The number of benzene rings is 1. The minimum Gasteiger partial charge on any atom is -0.459 e. The summed E-state index contributed by atoms with van der Waals surface area (Å²) in [7, 11) is 0. The molecular formula is C15H16BrN5O. The van der Waals surface area contributed by atoms with Gasteiger partial charge in [0.05, 0.1) is 13.1 Å². The quantitative estimate of drug-likeness (QED) is 0.724. The van der Waals surface area contributed by atoms with E-state index in [2.05, 4.69) is 43.6 Å². The van der Waals surface area contributed by atoms with E-state index in [0.717, 1.165) is 34.5 Å². The number of furan rings is 1. The molecule has 0 bridgehead atoms. The normalized spacial score (nSPS) is 10.8. The number of halogens is 1. The van der Waals surface area contributed by atoms with Crippen molar-refractivity contribution in [1.82, 2.24) is 20.2 Å². The number of aromatic nitrogens is 4. The molecule has 0 radical (unpaired) electrons. The van der Waals surface area contributed by atoms with Gasteiger partial charge in [-0.3, -0.25) is 0 Å². The first-order chi connectivity index (χ1) is 10.7. The van der Waals surface area contributed by atoms with Crippen LogP contribution in [0.5, 0.6) is 0 Å². The van der Waals surface area contributed by atoms with Gasteiger partial charge < -0.3 is 9.73 Å². The average molecular weight is 362 g/mol. The van der Waals surface area contributed by atoms with Gasteiger partial charge in [-0.2, -0.15) is 4.80 Å². The highest BCUT2D eigenvalue weighted by molar-refractivity contribution is 9.10. The molecule has 22 heavy (non-hydrogen) atoms. The molecule has 0 aliphatic rings. The van der Waals surface area contributed by atoms with Crippen LogP contribution in [0.4, 0.5) is 5.95 Å². The lowest BCUT2D eigenvalue weighted by Gasteiger charge is -1.99. The Morgan fingerprint density at radius 2 is 2.00 bits per heavy atom. The van der Waals surface area contributed by atoms with E-state index < -0.39 is 0 Å². The number of hydrogen-bond donors (Lipinski definition) is 1. The van der Waals surface area contributed by atoms with Crippen molar-refractivity contribution in [2.24, 2.45) is 0 Å². The summed E-state index contributed by atoms with van der Waals surface area (Å²) in [5.74, 6) is 2.17. The fourth-order valence-corrected chi connectivity index (χ4v) is 2.28. The number of aryl methyl sites for hydroxylation is 1. The topological polar surface area (TPSA) is 68.8 Å². The third kappa shape index (κ3) is 3.54. The summed E-state index contributed by atoms with van der Waals surface area (Å²) in [6.07, 6.45) is 0.977. The van der Waals surface area contributed by atoms with Gasteiger partial charge in [-0.05, 0) is 35.9 Å². The molecule has 0 aliphatic heterocycles. The molecule has 7 heteroatoms. The summed E-state index contributed by atoms with van der Waals surface area (Å²) < 4.78 is 6.87. The van der Waals surface area contributed by atoms with Gasteiger partial charge in [-0.25, -0.2) is 0 Å². The lowest BCUT2D eigenvalue weighted by Crippen LogP contribution is -2.03. The van der Waals surface area contributed by atoms with Crippen molar-refractivity contribution < 1.29 is 4.42 Å². The SMILES string of the molecule is CCCn1nnc(NCc2ccc(-c3ccc(Br)cc3)o2)n1. The summed E-state index contributed by atoms with van der Waals surface area (Å²) in [6, 6.07) is 11.9. The van der Waals surface area contributed by atoms with Crippen LogP contribution in [0.1, 0.15) is 19.1 Å². The van der Waals surface area contributed by atoms with Gasteiger partial charge in [-0.15, -0.1) is 5.10 Å². The maximum atomic E-state index is 5.83. The first-order valence-corrected chi connectivity index (χ1v) is 7.90. The maximum absolute atomic E-state index is 5.83. The molecule has 2 aromatic heterocycles. The zero-order valence-corrected chi connectivity index (χ0v) is 13.7. The Balaban J connectivity index is 1.62. The van der Waals surface area contributed by atoms with Gasteiger partial charge in [0.2, 0.25) is 0 Å². The van der Waals surface area contributed by atoms with E-state index in [-0.39, 0.29) is 0 Å². The Hall–Kier alpha value is -2.15. The molecule has 0 atom stereocenters. The molecule has 3 aromatic rings. The third-order valence-corrected chi connectivity index (χ3v) is 3.62. The van der Waals surface area contributed by atoms with Crippen LogP contribution in [0.3, 0.4) is 0 Å². The van der Waals surface area contributed by atoms with E-state index in [9.17, 15) is 0 Å². The zero-order chi connectivity index (χ0) is 15.4. The van der Waals surface area contributed by atoms with Crippen LogP contribution in [0, 0.1) is 0 Å². The molecule has 6 nitrogen and oxygen atoms in total. The Kier molecular flexibility index (Phi) is 4.53. The zero-order valence-electron chi connectivity index (χ0n) is 12.2. The van der Waals surface area contributed by atoms with E-state index in [1.54, 1.807) is 4.80 Å². The molecule has 0 aliphatic carbocycles. The lowest BCUT2D eigenvalue weighted by molar-refractivity contribution is 0.514. The highest BCUT2D eigenvalue weighted by Gasteiger charge is 2.06. The van der Waals surface area contributed by atoms with Crippen molar-refractivity contribution in [2.75, 3.05) is 5.32 Å². The van der Waals surface area contributed by atoms with E-state index >= 15 is 0 Å². The van der Waals surface area contributed by atoms with Crippen LogP contribution in [-0.4, -0.2) is 20.2 Å². The van der Waals surface area contributed by atoms with Crippen molar-refractivity contribution in [3.63, 3.8) is 0 Å². The highest BCUT2D eigenvalue weighted by Crippen LogP contribution is 2.24. The molecule has 0 fully saturated rings. The standard InChI is InChI=1S/C15H16BrN5O/c1-2-9-21-19-15(18-20-21)17-10-13-7-8-14(22-13)11-3-5-12(16)6-4-11/h3-8H,2,9-10H2,1H3,(H,17,19). The molecule has 2 heterocycles. The maximum Gasteiger partial charge on any atom is 0.263 e. The van der Waals surface area contributed by atoms with Crippen molar-refractivity contribution in [3.8, 4) is 11.3 Å². The smallest absolute Gasteiger partial charge is 0.263 e. The van der Waals surface area contributed by atoms with Crippen molar-refractivity contribution >= 4 is 21.9 Å². The predicted octanol–water partition coefficient (Wildman–Crippen LogP) is 3.72. The second-order valence-electron chi connectivity index (χ2n) is 4.84. The molecule has 114 valence electrons. The number of anilines is 1. The molecular weight excluding hydrogens is 346 g/mol. The largest absolute Gasteiger partial charge is 0.459 e. The van der Waals surface area contributed by atoms with Crippen LogP contribution < -0.4 is 5.32 Å². The highest BCUT2D eigenvalue weighted by atomic mass is 79.9. The lowest BCUT2D eigenvalue weighted by atomic mass is 10.2. The summed E-state index contributed by atoms with van der Waals surface area (Å²) >= 11 is 3.42. The van der Waals surface area contributed by atoms with Crippen LogP contribution in [0.15, 0.2) is 45.3 Å². The van der Waals surface area contributed by atoms with E-state index in [0.29, 0.717) is 12.5 Å². The molecule has 1 N–H and O–H groups in total. The Morgan fingerprint density at radius 1 is 1.18 bits per heavy atom. The summed E-state index contributed by atoms with van der Waals surface area (Å²) in [6.45, 7) is 3.36. The molecule has 0 saturated heterocycles. The number of hydrogen-bond acceptors (Lipinski definition) is 5. The summed E-state index contributed by atoms with van der Waals surface area (Å²) in [4.78, 5) is 1.58. The number of tetrazole rings is 1. The van der Waals surface area contributed by atoms with Crippen molar-refractivity contribution in [1.29, 1.82) is 0 Å². The molecule has 0 amide bonds. The Bertz CT molecular complexity index is 734. The van der Waals surface area contributed by atoms with Crippen LogP contribution in [-0.2, 0) is 13.1 Å². The minimum atomic E-state index is 0.509. The number of nitrogens with zero attached hydrogens (tertiary/aromatic N) is 4. The Labute approximate surface area is 136 Å². The van der Waals surface area contributed by atoms with Gasteiger partial charge >= 0.3 is 0 Å². The second-order valence-corrected chi connectivity index (χ2v) is 5.75. The van der Waals surface area contributed by atoms with E-state index in [1.165, 1.54) is 0 Å². The van der Waals surface area contributed by atoms with Crippen LogP contribution in [0.2, 0.25) is 0 Å². The predicted molar refractivity (Wildman–Crippen MR) is 87.3 cm³/mol. The summed E-state index contributed by atoms with van der Waals surface area (Å²) in [5.41, 5.74) is 1.04. The number of rotatable bonds is 6. The van der Waals surface area contributed by atoms with Crippen molar-refractivity contribution in [2.45, 2.75) is 26.4 Å². The van der Waals surface area contributed by atoms with Crippen molar-refractivity contribution in [3.05, 3.63) is 46.6 Å². The van der Waals surface area contributed by atoms with Gasteiger partial charge in [0.15, 0.2) is 0 Å². The minimum absolute atomic E-state index is 0.509. The second kappa shape index (κ2) is 6.74. The first-order valence-electron chi connectivity index (χ1n) is 7.11. The molecule has 1 aromatic carbocycles. The molecule has 0 unspecified atom stereocenters. The fraction of sp³-hybridized carbons (Fsp3) is 0.267. The van der Waals surface area contributed by atoms with Gasteiger partial charge in [0.25, 0.3) is 5.95 Å². The van der Waals surface area contributed by atoms with Gasteiger partial charge in [0.1, 0.15) is 11.5 Å². The average Bonchev–Trinajstić information content (AvgIpc) is 3.16. The summed E-state index contributed by atoms with van der Waals surface area (Å²) in [5, 5.41) is 15.2.